The normalized spacial score (nSPS) is 18.5. The van der Waals surface area contributed by atoms with Gasteiger partial charge in [-0.25, -0.2) is 0 Å². The lowest BCUT2D eigenvalue weighted by Crippen LogP contribution is -2.15. The molecule has 0 radical (unpaired) electrons. The van der Waals surface area contributed by atoms with Crippen molar-refractivity contribution in [2.24, 2.45) is 5.92 Å². The van der Waals surface area contributed by atoms with Crippen LogP contribution in [0.2, 0.25) is 5.02 Å². The second kappa shape index (κ2) is 7.25. The first-order chi connectivity index (χ1) is 12.6. The molecule has 1 N–H and O–H groups in total. The summed E-state index contributed by atoms with van der Waals surface area (Å²) in [6.07, 6.45) is 2.73. The minimum absolute atomic E-state index is 0.0121. The number of nitrogens with one attached hydrogen (secondary N) is 1. The molecule has 4 rings (SSSR count). The van der Waals surface area contributed by atoms with Gasteiger partial charge >= 0.3 is 0 Å². The van der Waals surface area contributed by atoms with Crippen LogP contribution >= 0.6 is 27.5 Å². The largest absolute Gasteiger partial charge is 0.308 e. The standard InChI is InChI=1S/C20H17BrClN3O/c21-17-12-25(11-14-8-4-5-9-18(14)22)24-19(17)23-20(26)16-10-15(16)13-6-2-1-3-7-13/h1-9,12,15-16H,10-11H2,(H,23,24,26). The molecule has 1 amide bonds. The molecular weight excluding hydrogens is 414 g/mol. The Labute approximate surface area is 165 Å². The number of nitrogens with zero attached hydrogens (tertiary/aromatic N) is 2. The zero-order chi connectivity index (χ0) is 18.1. The first-order valence-electron chi connectivity index (χ1n) is 8.44. The Morgan fingerprint density at radius 1 is 1.19 bits per heavy atom. The van der Waals surface area contributed by atoms with Crippen LogP contribution in [0.25, 0.3) is 0 Å². The van der Waals surface area contributed by atoms with Gasteiger partial charge in [-0.15, -0.1) is 0 Å². The predicted molar refractivity (Wildman–Crippen MR) is 106 cm³/mol. The number of hydrogen-bond acceptors (Lipinski definition) is 2. The van der Waals surface area contributed by atoms with E-state index in [1.807, 2.05) is 48.7 Å². The van der Waals surface area contributed by atoms with Gasteiger partial charge in [-0.2, -0.15) is 5.10 Å². The highest BCUT2D eigenvalue weighted by Gasteiger charge is 2.44. The first kappa shape index (κ1) is 17.3. The highest BCUT2D eigenvalue weighted by atomic mass is 79.9. The highest BCUT2D eigenvalue weighted by molar-refractivity contribution is 9.10. The lowest BCUT2D eigenvalue weighted by molar-refractivity contribution is -0.117. The lowest BCUT2D eigenvalue weighted by atomic mass is 10.1. The summed E-state index contributed by atoms with van der Waals surface area (Å²) in [7, 11) is 0. The molecule has 1 heterocycles. The molecule has 1 aliphatic carbocycles. The van der Waals surface area contributed by atoms with Crippen LogP contribution in [0, 0.1) is 5.92 Å². The molecule has 2 aromatic carbocycles. The third kappa shape index (κ3) is 3.69. The van der Waals surface area contributed by atoms with Gasteiger partial charge in [0.25, 0.3) is 0 Å². The molecule has 1 fully saturated rings. The fourth-order valence-corrected chi connectivity index (χ4v) is 3.74. The highest BCUT2D eigenvalue weighted by Crippen LogP contribution is 2.48. The predicted octanol–water partition coefficient (Wildman–Crippen LogP) is 5.09. The van der Waals surface area contributed by atoms with Crippen LogP contribution in [0.1, 0.15) is 23.5 Å². The number of rotatable bonds is 5. The number of carbonyl (C=O) groups is 1. The second-order valence-corrected chi connectivity index (χ2v) is 7.72. The maximum Gasteiger partial charge on any atom is 0.229 e. The van der Waals surface area contributed by atoms with E-state index >= 15 is 0 Å². The van der Waals surface area contributed by atoms with E-state index in [0.29, 0.717) is 23.3 Å². The van der Waals surface area contributed by atoms with Crippen molar-refractivity contribution < 1.29 is 4.79 Å². The van der Waals surface area contributed by atoms with Crippen LogP contribution in [0.3, 0.4) is 0 Å². The van der Waals surface area contributed by atoms with E-state index in [4.69, 9.17) is 11.6 Å². The van der Waals surface area contributed by atoms with Crippen LogP contribution in [-0.2, 0) is 11.3 Å². The Morgan fingerprint density at radius 2 is 1.92 bits per heavy atom. The first-order valence-corrected chi connectivity index (χ1v) is 9.61. The van der Waals surface area contributed by atoms with Crippen LogP contribution in [-0.4, -0.2) is 15.7 Å². The SMILES string of the molecule is O=C(Nc1nn(Cc2ccccc2Cl)cc1Br)C1CC1c1ccccc1. The molecule has 26 heavy (non-hydrogen) atoms. The maximum absolute atomic E-state index is 12.5. The molecule has 0 saturated heterocycles. The van der Waals surface area contributed by atoms with E-state index in [2.05, 4.69) is 38.5 Å². The van der Waals surface area contributed by atoms with Gasteiger partial charge in [0.1, 0.15) is 0 Å². The number of halogens is 2. The third-order valence-electron chi connectivity index (χ3n) is 4.60. The monoisotopic (exact) mass is 429 g/mol. The molecule has 0 bridgehead atoms. The Kier molecular flexibility index (Phi) is 4.83. The van der Waals surface area contributed by atoms with E-state index in [1.165, 1.54) is 5.56 Å². The van der Waals surface area contributed by atoms with Crippen LogP contribution in [0.4, 0.5) is 5.82 Å². The van der Waals surface area contributed by atoms with Crippen molar-refractivity contribution in [2.45, 2.75) is 18.9 Å². The van der Waals surface area contributed by atoms with Crippen molar-refractivity contribution in [3.8, 4) is 0 Å². The average Bonchev–Trinajstić information content (AvgIpc) is 3.38. The molecule has 3 aromatic rings. The van der Waals surface area contributed by atoms with Crippen LogP contribution in [0.5, 0.6) is 0 Å². The summed E-state index contributed by atoms with van der Waals surface area (Å²) < 4.78 is 2.53. The Hall–Kier alpha value is -2.11. The maximum atomic E-state index is 12.5. The van der Waals surface area contributed by atoms with E-state index in [1.54, 1.807) is 4.68 Å². The van der Waals surface area contributed by atoms with Crippen LogP contribution in [0.15, 0.2) is 65.3 Å². The van der Waals surface area contributed by atoms with Gasteiger partial charge in [-0.3, -0.25) is 9.48 Å². The van der Waals surface area contributed by atoms with Gasteiger partial charge in [-0.1, -0.05) is 60.1 Å². The molecule has 0 aliphatic heterocycles. The van der Waals surface area contributed by atoms with Crippen molar-refractivity contribution in [1.82, 2.24) is 9.78 Å². The molecule has 2 unspecified atom stereocenters. The zero-order valence-corrected chi connectivity index (χ0v) is 16.2. The van der Waals surface area contributed by atoms with Gasteiger partial charge in [-0.05, 0) is 45.5 Å². The van der Waals surface area contributed by atoms with E-state index in [-0.39, 0.29) is 11.8 Å². The molecule has 4 nitrogen and oxygen atoms in total. The summed E-state index contributed by atoms with van der Waals surface area (Å²) in [5.41, 5.74) is 2.20. The van der Waals surface area contributed by atoms with Crippen molar-refractivity contribution in [1.29, 1.82) is 0 Å². The summed E-state index contributed by atoms with van der Waals surface area (Å²) in [5, 5.41) is 8.12. The fraction of sp³-hybridized carbons (Fsp3) is 0.200. The van der Waals surface area contributed by atoms with E-state index in [0.717, 1.165) is 16.5 Å². The number of benzene rings is 2. The molecular formula is C20H17BrClN3O. The summed E-state index contributed by atoms with van der Waals surface area (Å²) in [6, 6.07) is 17.8. The molecule has 0 spiro atoms. The van der Waals surface area contributed by atoms with Crippen molar-refractivity contribution in [3.05, 3.63) is 81.4 Å². The quantitative estimate of drug-likeness (QED) is 0.613. The molecule has 1 aliphatic rings. The van der Waals surface area contributed by atoms with E-state index in [9.17, 15) is 4.79 Å². The van der Waals surface area contributed by atoms with Gasteiger partial charge < -0.3 is 5.32 Å². The van der Waals surface area contributed by atoms with Gasteiger partial charge in [0, 0.05) is 17.1 Å². The molecule has 6 heteroatoms. The Bertz CT molecular complexity index is 941. The van der Waals surface area contributed by atoms with Crippen LogP contribution < -0.4 is 5.32 Å². The van der Waals surface area contributed by atoms with Crippen molar-refractivity contribution in [3.63, 3.8) is 0 Å². The number of anilines is 1. The minimum Gasteiger partial charge on any atom is -0.308 e. The average molecular weight is 431 g/mol. The minimum atomic E-state index is 0.0121. The third-order valence-corrected chi connectivity index (χ3v) is 5.55. The summed E-state index contributed by atoms with van der Waals surface area (Å²) in [4.78, 5) is 12.5. The van der Waals surface area contributed by atoms with Gasteiger partial charge in [0.05, 0.1) is 11.0 Å². The second-order valence-electron chi connectivity index (χ2n) is 6.46. The molecule has 1 aromatic heterocycles. The van der Waals surface area contributed by atoms with E-state index < -0.39 is 0 Å². The van der Waals surface area contributed by atoms with Crippen molar-refractivity contribution in [2.75, 3.05) is 5.32 Å². The molecule has 132 valence electrons. The smallest absolute Gasteiger partial charge is 0.229 e. The number of aromatic nitrogens is 2. The Balaban J connectivity index is 1.42. The molecule has 2 atom stereocenters. The number of hydrogen-bond donors (Lipinski definition) is 1. The summed E-state index contributed by atoms with van der Waals surface area (Å²) >= 11 is 9.68. The fourth-order valence-electron chi connectivity index (χ4n) is 3.13. The summed E-state index contributed by atoms with van der Waals surface area (Å²) in [5.74, 6) is 0.876. The Morgan fingerprint density at radius 3 is 2.69 bits per heavy atom. The van der Waals surface area contributed by atoms with Gasteiger partial charge in [0.2, 0.25) is 5.91 Å². The van der Waals surface area contributed by atoms with Gasteiger partial charge in [0.15, 0.2) is 5.82 Å². The topological polar surface area (TPSA) is 46.9 Å². The number of amides is 1. The number of carbonyl (C=O) groups excluding carboxylic acids is 1. The molecule has 1 saturated carbocycles. The lowest BCUT2D eigenvalue weighted by Gasteiger charge is -2.04. The summed E-state index contributed by atoms with van der Waals surface area (Å²) in [6.45, 7) is 0.546. The van der Waals surface area contributed by atoms with Crippen molar-refractivity contribution >= 4 is 39.3 Å². The zero-order valence-electron chi connectivity index (χ0n) is 13.9.